The number of rotatable bonds is 1. The molecular formula is C4H9ClN4. The van der Waals surface area contributed by atoms with E-state index in [1.165, 1.54) is 0 Å². The van der Waals surface area contributed by atoms with Crippen molar-refractivity contribution in [2.75, 3.05) is 0 Å². The Morgan fingerprint density at radius 1 is 1.78 bits per heavy atom. The molecule has 0 aliphatic heterocycles. The van der Waals surface area contributed by atoms with Gasteiger partial charge in [0.05, 0.1) is 11.9 Å². The smallest absolute Gasteiger partial charge is 0.0988 e. The number of hydrogen-bond acceptors (Lipinski definition) is 3. The summed E-state index contributed by atoms with van der Waals surface area (Å²) in [7, 11) is 0. The molecular weight excluding hydrogens is 140 g/mol. The molecule has 0 bridgehead atoms. The molecule has 0 aliphatic rings. The molecule has 0 radical (unpaired) electrons. The molecule has 0 amide bonds. The Morgan fingerprint density at radius 3 is 2.67 bits per heavy atom. The van der Waals surface area contributed by atoms with Crippen molar-refractivity contribution in [3.05, 3.63) is 11.9 Å². The van der Waals surface area contributed by atoms with Crippen molar-refractivity contribution < 1.29 is 0 Å². The number of H-pyrrole nitrogens is 1. The first-order chi connectivity index (χ1) is 3.80. The third-order valence-electron chi connectivity index (χ3n) is 0.900. The van der Waals surface area contributed by atoms with E-state index < -0.39 is 0 Å². The third-order valence-corrected chi connectivity index (χ3v) is 0.900. The Hall–Kier alpha value is -0.610. The van der Waals surface area contributed by atoms with Crippen LogP contribution in [0.2, 0.25) is 0 Å². The van der Waals surface area contributed by atoms with Crippen LogP contribution in [0.5, 0.6) is 0 Å². The van der Waals surface area contributed by atoms with Crippen LogP contribution in [0.15, 0.2) is 6.20 Å². The van der Waals surface area contributed by atoms with Gasteiger partial charge in [-0.3, -0.25) is 0 Å². The molecule has 0 unspecified atom stereocenters. The molecule has 0 saturated heterocycles. The fraction of sp³-hybridized carbons (Fsp3) is 0.500. The lowest BCUT2D eigenvalue weighted by Crippen LogP contribution is -2.04. The van der Waals surface area contributed by atoms with Gasteiger partial charge >= 0.3 is 0 Å². The fourth-order valence-corrected chi connectivity index (χ4v) is 0.430. The topological polar surface area (TPSA) is 67.6 Å². The zero-order valence-electron chi connectivity index (χ0n) is 5.03. The number of halogens is 1. The van der Waals surface area contributed by atoms with Crippen LogP contribution < -0.4 is 5.73 Å². The van der Waals surface area contributed by atoms with Gasteiger partial charge in [0.2, 0.25) is 0 Å². The van der Waals surface area contributed by atoms with Crippen LogP contribution in [0, 0.1) is 0 Å². The van der Waals surface area contributed by atoms with Gasteiger partial charge in [-0.15, -0.1) is 12.4 Å². The molecule has 1 atom stereocenters. The van der Waals surface area contributed by atoms with E-state index in [1.54, 1.807) is 6.20 Å². The molecule has 0 saturated carbocycles. The van der Waals surface area contributed by atoms with E-state index in [1.807, 2.05) is 6.92 Å². The minimum Gasteiger partial charge on any atom is -0.323 e. The number of hydrogen-bond donors (Lipinski definition) is 2. The Labute approximate surface area is 59.2 Å². The van der Waals surface area contributed by atoms with Gasteiger partial charge < -0.3 is 5.73 Å². The molecule has 0 fully saturated rings. The summed E-state index contributed by atoms with van der Waals surface area (Å²) in [6.07, 6.45) is 1.62. The predicted molar refractivity (Wildman–Crippen MR) is 36.2 cm³/mol. The predicted octanol–water partition coefficient (Wildman–Crippen LogP) is 0.246. The first kappa shape index (κ1) is 8.39. The maximum Gasteiger partial charge on any atom is 0.0988 e. The zero-order valence-corrected chi connectivity index (χ0v) is 5.85. The summed E-state index contributed by atoms with van der Waals surface area (Å²) >= 11 is 0. The van der Waals surface area contributed by atoms with Crippen molar-refractivity contribution in [3.63, 3.8) is 0 Å². The van der Waals surface area contributed by atoms with Crippen molar-refractivity contribution in [1.82, 2.24) is 15.4 Å². The molecule has 1 aromatic heterocycles. The molecule has 4 nitrogen and oxygen atoms in total. The quantitative estimate of drug-likeness (QED) is 0.600. The number of nitrogens with zero attached hydrogens (tertiary/aromatic N) is 2. The van der Waals surface area contributed by atoms with Crippen LogP contribution in [-0.2, 0) is 0 Å². The summed E-state index contributed by atoms with van der Waals surface area (Å²) in [5, 5.41) is 9.81. The molecule has 3 N–H and O–H groups in total. The number of aromatic nitrogens is 3. The normalized spacial score (nSPS) is 12.2. The van der Waals surface area contributed by atoms with E-state index in [2.05, 4.69) is 15.4 Å². The van der Waals surface area contributed by atoms with Gasteiger partial charge in [0.15, 0.2) is 0 Å². The molecule has 1 rings (SSSR count). The lowest BCUT2D eigenvalue weighted by Gasteiger charge is -1.93. The molecule has 9 heavy (non-hydrogen) atoms. The van der Waals surface area contributed by atoms with Crippen LogP contribution in [0.25, 0.3) is 0 Å². The van der Waals surface area contributed by atoms with Gasteiger partial charge in [-0.2, -0.15) is 15.4 Å². The third kappa shape index (κ3) is 1.99. The summed E-state index contributed by atoms with van der Waals surface area (Å²) in [4.78, 5) is 0. The van der Waals surface area contributed by atoms with Crippen LogP contribution in [0.3, 0.4) is 0 Å². The Morgan fingerprint density at radius 2 is 2.44 bits per heavy atom. The molecule has 0 spiro atoms. The second-order valence-electron chi connectivity index (χ2n) is 1.68. The lowest BCUT2D eigenvalue weighted by molar-refractivity contribution is 0.769. The molecule has 5 heteroatoms. The van der Waals surface area contributed by atoms with Crippen molar-refractivity contribution in [1.29, 1.82) is 0 Å². The van der Waals surface area contributed by atoms with E-state index in [-0.39, 0.29) is 18.4 Å². The van der Waals surface area contributed by atoms with Gasteiger partial charge in [-0.05, 0) is 6.92 Å². The van der Waals surface area contributed by atoms with Gasteiger partial charge in [-0.25, -0.2) is 0 Å². The summed E-state index contributed by atoms with van der Waals surface area (Å²) in [6, 6.07) is -0.0197. The van der Waals surface area contributed by atoms with E-state index >= 15 is 0 Å². The van der Waals surface area contributed by atoms with Crippen molar-refractivity contribution in [2.24, 2.45) is 5.73 Å². The minimum atomic E-state index is -0.0197. The average Bonchev–Trinajstić information content (AvgIpc) is 2.12. The van der Waals surface area contributed by atoms with Crippen molar-refractivity contribution in [3.8, 4) is 0 Å². The summed E-state index contributed by atoms with van der Waals surface area (Å²) in [5.74, 6) is 0. The zero-order chi connectivity index (χ0) is 5.98. The standard InChI is InChI=1S/C4H8N4.ClH/c1-3(5)4-2-6-8-7-4;/h2-3H,5H2,1H3,(H,6,7,8);1H/t3-;/m1./s1. The molecule has 0 aromatic carbocycles. The average molecular weight is 149 g/mol. The van der Waals surface area contributed by atoms with E-state index in [9.17, 15) is 0 Å². The highest BCUT2D eigenvalue weighted by Crippen LogP contribution is 1.99. The second kappa shape index (κ2) is 3.42. The summed E-state index contributed by atoms with van der Waals surface area (Å²) < 4.78 is 0. The highest BCUT2D eigenvalue weighted by Gasteiger charge is 1.98. The minimum absolute atomic E-state index is 0. The SMILES string of the molecule is C[C@@H](N)c1cn[nH]n1.Cl. The van der Waals surface area contributed by atoms with E-state index in [0.29, 0.717) is 0 Å². The molecule has 1 heterocycles. The first-order valence-electron chi connectivity index (χ1n) is 2.42. The number of aromatic amines is 1. The van der Waals surface area contributed by atoms with E-state index in [4.69, 9.17) is 5.73 Å². The van der Waals surface area contributed by atoms with E-state index in [0.717, 1.165) is 5.69 Å². The van der Waals surface area contributed by atoms with Gasteiger partial charge in [0.25, 0.3) is 0 Å². The monoisotopic (exact) mass is 148 g/mol. The Bertz CT molecular complexity index is 148. The van der Waals surface area contributed by atoms with Gasteiger partial charge in [0.1, 0.15) is 0 Å². The fourth-order valence-electron chi connectivity index (χ4n) is 0.430. The Kier molecular flexibility index (Phi) is 3.19. The van der Waals surface area contributed by atoms with Gasteiger partial charge in [-0.1, -0.05) is 0 Å². The van der Waals surface area contributed by atoms with Crippen molar-refractivity contribution in [2.45, 2.75) is 13.0 Å². The maximum atomic E-state index is 5.44. The molecule has 1 aromatic rings. The molecule has 52 valence electrons. The highest BCUT2D eigenvalue weighted by molar-refractivity contribution is 5.85. The second-order valence-corrected chi connectivity index (χ2v) is 1.68. The van der Waals surface area contributed by atoms with Crippen molar-refractivity contribution >= 4 is 12.4 Å². The lowest BCUT2D eigenvalue weighted by atomic mass is 10.3. The van der Waals surface area contributed by atoms with Crippen LogP contribution in [0.4, 0.5) is 0 Å². The number of nitrogens with two attached hydrogens (primary N) is 1. The highest BCUT2D eigenvalue weighted by atomic mass is 35.5. The summed E-state index contributed by atoms with van der Waals surface area (Å²) in [6.45, 7) is 1.86. The summed E-state index contributed by atoms with van der Waals surface area (Å²) in [5.41, 5.74) is 6.23. The maximum absolute atomic E-state index is 5.44. The van der Waals surface area contributed by atoms with Crippen LogP contribution in [0.1, 0.15) is 18.7 Å². The van der Waals surface area contributed by atoms with Crippen LogP contribution in [-0.4, -0.2) is 15.4 Å². The largest absolute Gasteiger partial charge is 0.323 e. The van der Waals surface area contributed by atoms with Crippen LogP contribution >= 0.6 is 12.4 Å². The Balaban J connectivity index is 0.000000640. The first-order valence-corrected chi connectivity index (χ1v) is 2.42. The number of nitrogens with one attached hydrogen (secondary N) is 1. The van der Waals surface area contributed by atoms with Gasteiger partial charge in [0, 0.05) is 6.04 Å². The molecule has 0 aliphatic carbocycles.